The summed E-state index contributed by atoms with van der Waals surface area (Å²) in [6.07, 6.45) is 1.70. The zero-order valence-corrected chi connectivity index (χ0v) is 12.5. The summed E-state index contributed by atoms with van der Waals surface area (Å²) in [5.41, 5.74) is 0.571. The van der Waals surface area contributed by atoms with E-state index in [-0.39, 0.29) is 17.2 Å². The van der Waals surface area contributed by atoms with Crippen LogP contribution in [0.15, 0.2) is 24.4 Å². The lowest BCUT2D eigenvalue weighted by molar-refractivity contribution is -0.114. The number of carbonyl (C=O) groups is 2. The van der Waals surface area contributed by atoms with Gasteiger partial charge in [0, 0.05) is 23.7 Å². The Morgan fingerprint density at radius 2 is 2.14 bits per heavy atom. The molecule has 2 aromatic rings. The first kappa shape index (κ1) is 15.0. The molecule has 0 spiro atoms. The molecule has 0 saturated carbocycles. The topological polar surface area (TPSA) is 91.3 Å². The number of aromatic hydroxyl groups is 1. The largest absolute Gasteiger partial charge is 0.507 e. The van der Waals surface area contributed by atoms with Gasteiger partial charge in [0.05, 0.1) is 17.1 Å². The molecular weight excluding hydrogens is 290 g/mol. The van der Waals surface area contributed by atoms with Crippen LogP contribution in [0.2, 0.25) is 0 Å². The van der Waals surface area contributed by atoms with Gasteiger partial charge in [-0.25, -0.2) is 4.98 Å². The van der Waals surface area contributed by atoms with E-state index in [9.17, 15) is 14.7 Å². The zero-order valence-electron chi connectivity index (χ0n) is 11.6. The van der Waals surface area contributed by atoms with Gasteiger partial charge in [-0.2, -0.15) is 0 Å². The SMILES string of the molecule is CC(=O)Nc1ccc(O)c(C(=O)NCc2cnc(C)s2)c1. The number of hydrogen-bond acceptors (Lipinski definition) is 5. The lowest BCUT2D eigenvalue weighted by Gasteiger charge is -2.08. The number of nitrogens with one attached hydrogen (secondary N) is 2. The summed E-state index contributed by atoms with van der Waals surface area (Å²) in [7, 11) is 0. The minimum absolute atomic E-state index is 0.113. The number of phenolic OH excluding ortho intramolecular Hbond substituents is 1. The molecule has 7 heteroatoms. The first-order valence-electron chi connectivity index (χ1n) is 6.26. The number of thiazole rings is 1. The van der Waals surface area contributed by atoms with E-state index < -0.39 is 5.91 Å². The Morgan fingerprint density at radius 1 is 1.38 bits per heavy atom. The van der Waals surface area contributed by atoms with Crippen LogP contribution in [0.5, 0.6) is 5.75 Å². The zero-order chi connectivity index (χ0) is 15.4. The summed E-state index contributed by atoms with van der Waals surface area (Å²) in [6, 6.07) is 4.33. The van der Waals surface area contributed by atoms with Gasteiger partial charge in [-0.3, -0.25) is 9.59 Å². The molecule has 0 atom stereocenters. The molecule has 2 rings (SSSR count). The molecule has 110 valence electrons. The lowest BCUT2D eigenvalue weighted by Crippen LogP contribution is -2.22. The molecule has 1 heterocycles. The molecule has 2 amide bonds. The number of hydrogen-bond donors (Lipinski definition) is 3. The molecule has 0 unspecified atom stereocenters. The fraction of sp³-hybridized carbons (Fsp3) is 0.214. The molecule has 0 bridgehead atoms. The standard InChI is InChI=1S/C14H15N3O3S/c1-8(18)17-10-3-4-13(19)12(5-10)14(20)16-7-11-6-15-9(2)21-11/h3-6,19H,7H2,1-2H3,(H,16,20)(H,17,18). The average molecular weight is 305 g/mol. The molecular formula is C14H15N3O3S. The van der Waals surface area contributed by atoms with E-state index in [1.165, 1.54) is 36.5 Å². The predicted octanol–water partition coefficient (Wildman–Crippen LogP) is 2.05. The molecule has 1 aromatic carbocycles. The molecule has 0 saturated heterocycles. The van der Waals surface area contributed by atoms with Gasteiger partial charge in [-0.05, 0) is 25.1 Å². The highest BCUT2D eigenvalue weighted by atomic mass is 32.1. The lowest BCUT2D eigenvalue weighted by atomic mass is 10.1. The van der Waals surface area contributed by atoms with Crippen LogP contribution in [0.25, 0.3) is 0 Å². The van der Waals surface area contributed by atoms with Gasteiger partial charge in [-0.1, -0.05) is 0 Å². The van der Waals surface area contributed by atoms with Gasteiger partial charge in [0.2, 0.25) is 5.91 Å². The van der Waals surface area contributed by atoms with Gasteiger partial charge >= 0.3 is 0 Å². The predicted molar refractivity (Wildman–Crippen MR) is 80.4 cm³/mol. The molecule has 6 nitrogen and oxygen atoms in total. The van der Waals surface area contributed by atoms with Crippen LogP contribution >= 0.6 is 11.3 Å². The molecule has 0 aliphatic carbocycles. The molecule has 21 heavy (non-hydrogen) atoms. The van der Waals surface area contributed by atoms with Crippen molar-refractivity contribution >= 4 is 28.8 Å². The third-order valence-corrected chi connectivity index (χ3v) is 3.57. The summed E-state index contributed by atoms with van der Waals surface area (Å²) in [4.78, 5) is 28.1. The van der Waals surface area contributed by atoms with Crippen LogP contribution < -0.4 is 10.6 Å². The maximum atomic E-state index is 12.1. The van der Waals surface area contributed by atoms with Crippen LogP contribution in [0.1, 0.15) is 27.2 Å². The van der Waals surface area contributed by atoms with Crippen LogP contribution in [0.3, 0.4) is 0 Å². The Hall–Kier alpha value is -2.41. The Kier molecular flexibility index (Phi) is 4.54. The highest BCUT2D eigenvalue weighted by Gasteiger charge is 2.12. The fourth-order valence-electron chi connectivity index (χ4n) is 1.75. The first-order chi connectivity index (χ1) is 9.95. The number of anilines is 1. The maximum Gasteiger partial charge on any atom is 0.255 e. The molecule has 1 aromatic heterocycles. The van der Waals surface area contributed by atoms with Crippen molar-refractivity contribution in [3.63, 3.8) is 0 Å². The van der Waals surface area contributed by atoms with Crippen LogP contribution in [-0.2, 0) is 11.3 Å². The van der Waals surface area contributed by atoms with Crippen molar-refractivity contribution in [1.29, 1.82) is 0 Å². The number of carbonyl (C=O) groups excluding carboxylic acids is 2. The molecule has 0 radical (unpaired) electrons. The van der Waals surface area contributed by atoms with E-state index in [1.54, 1.807) is 6.20 Å². The van der Waals surface area contributed by atoms with Crippen molar-refractivity contribution in [2.75, 3.05) is 5.32 Å². The smallest absolute Gasteiger partial charge is 0.255 e. The average Bonchev–Trinajstić information content (AvgIpc) is 2.83. The Morgan fingerprint density at radius 3 is 2.76 bits per heavy atom. The second-order valence-corrected chi connectivity index (χ2v) is 5.76. The summed E-state index contributed by atoms with van der Waals surface area (Å²) in [6.45, 7) is 3.60. The summed E-state index contributed by atoms with van der Waals surface area (Å²) < 4.78 is 0. The van der Waals surface area contributed by atoms with Crippen molar-refractivity contribution in [1.82, 2.24) is 10.3 Å². The molecule has 0 aliphatic heterocycles. The molecule has 0 aliphatic rings. The van der Waals surface area contributed by atoms with Crippen molar-refractivity contribution in [3.8, 4) is 5.75 Å². The van der Waals surface area contributed by atoms with E-state index >= 15 is 0 Å². The Balaban J connectivity index is 2.08. The van der Waals surface area contributed by atoms with Gasteiger partial charge in [0.1, 0.15) is 5.75 Å². The number of rotatable bonds is 4. The minimum atomic E-state index is -0.411. The summed E-state index contributed by atoms with van der Waals surface area (Å²) >= 11 is 1.50. The van der Waals surface area contributed by atoms with Gasteiger partial charge < -0.3 is 15.7 Å². The van der Waals surface area contributed by atoms with Crippen molar-refractivity contribution in [3.05, 3.63) is 39.8 Å². The number of aryl methyl sites for hydroxylation is 1. The van der Waals surface area contributed by atoms with Gasteiger partial charge in [-0.15, -0.1) is 11.3 Å². The third kappa shape index (κ3) is 4.03. The number of amides is 2. The van der Waals surface area contributed by atoms with E-state index in [2.05, 4.69) is 15.6 Å². The number of aromatic nitrogens is 1. The maximum absolute atomic E-state index is 12.1. The van der Waals surface area contributed by atoms with Crippen molar-refractivity contribution in [2.24, 2.45) is 0 Å². The monoisotopic (exact) mass is 305 g/mol. The van der Waals surface area contributed by atoms with E-state index in [0.29, 0.717) is 12.2 Å². The van der Waals surface area contributed by atoms with E-state index in [1.807, 2.05) is 6.92 Å². The Bertz CT molecular complexity index is 682. The second-order valence-electron chi connectivity index (χ2n) is 4.44. The molecule has 0 fully saturated rings. The normalized spacial score (nSPS) is 10.2. The van der Waals surface area contributed by atoms with E-state index in [4.69, 9.17) is 0 Å². The Labute approximate surface area is 125 Å². The summed E-state index contributed by atoms with van der Waals surface area (Å²) in [5.74, 6) is -0.792. The minimum Gasteiger partial charge on any atom is -0.507 e. The van der Waals surface area contributed by atoms with Crippen molar-refractivity contribution < 1.29 is 14.7 Å². The second kappa shape index (κ2) is 6.36. The number of phenols is 1. The first-order valence-corrected chi connectivity index (χ1v) is 7.07. The van der Waals surface area contributed by atoms with Gasteiger partial charge in [0.25, 0.3) is 5.91 Å². The van der Waals surface area contributed by atoms with E-state index in [0.717, 1.165) is 9.88 Å². The summed E-state index contributed by atoms with van der Waals surface area (Å²) in [5, 5.41) is 16.0. The third-order valence-electron chi connectivity index (χ3n) is 2.65. The van der Waals surface area contributed by atoms with Crippen molar-refractivity contribution in [2.45, 2.75) is 20.4 Å². The number of benzene rings is 1. The highest BCUT2D eigenvalue weighted by molar-refractivity contribution is 7.11. The number of nitrogens with zero attached hydrogens (tertiary/aromatic N) is 1. The quantitative estimate of drug-likeness (QED) is 0.754. The highest BCUT2D eigenvalue weighted by Crippen LogP contribution is 2.21. The molecule has 3 N–H and O–H groups in total. The van der Waals surface area contributed by atoms with Gasteiger partial charge in [0.15, 0.2) is 0 Å². The van der Waals surface area contributed by atoms with Crippen LogP contribution in [-0.4, -0.2) is 21.9 Å². The fourth-order valence-corrected chi connectivity index (χ4v) is 2.48. The van der Waals surface area contributed by atoms with Crippen LogP contribution in [0.4, 0.5) is 5.69 Å². The van der Waals surface area contributed by atoms with Crippen LogP contribution in [0, 0.1) is 6.92 Å².